The van der Waals surface area contributed by atoms with Gasteiger partial charge in [-0.3, -0.25) is 0 Å². The van der Waals surface area contributed by atoms with Crippen molar-refractivity contribution in [1.82, 2.24) is 9.97 Å². The van der Waals surface area contributed by atoms with E-state index in [9.17, 15) is 0 Å². The first kappa shape index (κ1) is 19.2. The third-order valence-corrected chi connectivity index (χ3v) is 6.01. The molecule has 0 atom stereocenters. The van der Waals surface area contributed by atoms with E-state index in [1.54, 1.807) is 34.8 Å². The van der Waals surface area contributed by atoms with Crippen molar-refractivity contribution in [3.05, 3.63) is 24.3 Å². The second-order valence-electron chi connectivity index (χ2n) is 5.77. The Balaban J connectivity index is 1.55. The van der Waals surface area contributed by atoms with Crippen LogP contribution in [0.2, 0.25) is 0 Å². The molecule has 0 aliphatic carbocycles. The van der Waals surface area contributed by atoms with E-state index in [4.69, 9.17) is 18.9 Å². The van der Waals surface area contributed by atoms with Crippen LogP contribution in [0.3, 0.4) is 0 Å². The molecule has 2 aromatic carbocycles. The molecule has 4 rings (SSSR count). The number of nitrogens with zero attached hydrogens (tertiary/aromatic N) is 3. The van der Waals surface area contributed by atoms with Crippen LogP contribution in [0.25, 0.3) is 20.4 Å². The van der Waals surface area contributed by atoms with Crippen molar-refractivity contribution in [1.29, 1.82) is 0 Å². The van der Waals surface area contributed by atoms with Crippen molar-refractivity contribution in [2.75, 3.05) is 33.8 Å². The summed E-state index contributed by atoms with van der Waals surface area (Å²) in [5.41, 5.74) is 1.63. The molecule has 2 heterocycles. The van der Waals surface area contributed by atoms with Crippen molar-refractivity contribution < 1.29 is 18.9 Å². The van der Waals surface area contributed by atoms with Gasteiger partial charge in [-0.05, 0) is 0 Å². The number of anilines is 1. The van der Waals surface area contributed by atoms with E-state index in [1.165, 1.54) is 22.7 Å². The molecule has 0 aliphatic rings. The quantitative estimate of drug-likeness (QED) is 0.335. The molecule has 0 saturated heterocycles. The first-order valence-corrected chi connectivity index (χ1v) is 10.1. The van der Waals surface area contributed by atoms with E-state index in [0.29, 0.717) is 33.3 Å². The molecule has 2 aromatic heterocycles. The van der Waals surface area contributed by atoms with Gasteiger partial charge in [-0.2, -0.15) is 0 Å². The summed E-state index contributed by atoms with van der Waals surface area (Å²) in [6.07, 6.45) is 1.58. The summed E-state index contributed by atoms with van der Waals surface area (Å²) >= 11 is 2.96. The largest absolute Gasteiger partial charge is 0.493 e. The molecular formula is C19H18N4O4S2. The van der Waals surface area contributed by atoms with Crippen LogP contribution in [0, 0.1) is 0 Å². The average Bonchev–Trinajstić information content (AvgIpc) is 3.33. The van der Waals surface area contributed by atoms with Crippen molar-refractivity contribution in [3.63, 3.8) is 0 Å². The molecule has 1 N–H and O–H groups in total. The second-order valence-corrected chi connectivity index (χ2v) is 7.81. The van der Waals surface area contributed by atoms with Gasteiger partial charge in [-0.1, -0.05) is 22.7 Å². The number of thiazole rings is 2. The number of aromatic nitrogens is 2. The number of aliphatic imine (C=N–C) groups is 1. The fraction of sp³-hybridized carbons (Fsp3) is 0.211. The Hall–Kier alpha value is -3.11. The minimum Gasteiger partial charge on any atom is -0.493 e. The molecular weight excluding hydrogens is 412 g/mol. The Kier molecular flexibility index (Phi) is 5.36. The summed E-state index contributed by atoms with van der Waals surface area (Å²) in [7, 11) is 6.42. The zero-order valence-electron chi connectivity index (χ0n) is 16.2. The zero-order chi connectivity index (χ0) is 20.4. The fourth-order valence-electron chi connectivity index (χ4n) is 2.76. The van der Waals surface area contributed by atoms with Crippen molar-refractivity contribution in [2.45, 2.75) is 0 Å². The Morgan fingerprint density at radius 2 is 1.28 bits per heavy atom. The van der Waals surface area contributed by atoms with Crippen LogP contribution < -0.4 is 24.3 Å². The summed E-state index contributed by atoms with van der Waals surface area (Å²) in [6, 6.07) is 7.49. The number of hydrogen-bond donors (Lipinski definition) is 1. The van der Waals surface area contributed by atoms with Crippen LogP contribution in [0.5, 0.6) is 23.0 Å². The lowest BCUT2D eigenvalue weighted by molar-refractivity contribution is 0.356. The van der Waals surface area contributed by atoms with Crippen LogP contribution >= 0.6 is 22.7 Å². The van der Waals surface area contributed by atoms with E-state index in [-0.39, 0.29) is 0 Å². The smallest absolute Gasteiger partial charge is 0.211 e. The maximum absolute atomic E-state index is 5.34. The Morgan fingerprint density at radius 3 is 1.86 bits per heavy atom. The lowest BCUT2D eigenvalue weighted by Crippen LogP contribution is -1.92. The van der Waals surface area contributed by atoms with Gasteiger partial charge in [-0.25, -0.2) is 15.0 Å². The van der Waals surface area contributed by atoms with Crippen LogP contribution in [0.1, 0.15) is 0 Å². The van der Waals surface area contributed by atoms with Gasteiger partial charge in [0, 0.05) is 24.3 Å². The molecule has 4 aromatic rings. The number of fused-ring (bicyclic) bond motifs is 2. The number of methoxy groups -OCH3 is 4. The standard InChI is InChI=1S/C19H18N4O4S2/c1-24-12-5-10-16(7-14(12)26-3)28-18(22-10)20-9-21-19-23-11-6-13(25-2)15(27-4)8-17(11)29-19/h5-9H,1-4H3,(H,20,21,22,23). The molecule has 0 saturated carbocycles. The molecule has 0 spiro atoms. The Morgan fingerprint density at radius 1 is 0.759 bits per heavy atom. The van der Waals surface area contributed by atoms with Crippen LogP contribution in [-0.2, 0) is 0 Å². The van der Waals surface area contributed by atoms with Crippen LogP contribution in [0.4, 0.5) is 10.3 Å². The molecule has 0 fully saturated rings. The minimum absolute atomic E-state index is 0.618. The highest BCUT2D eigenvalue weighted by Crippen LogP contribution is 2.37. The van der Waals surface area contributed by atoms with E-state index in [0.717, 1.165) is 20.4 Å². The highest BCUT2D eigenvalue weighted by molar-refractivity contribution is 7.22. The highest BCUT2D eigenvalue weighted by Gasteiger charge is 2.11. The van der Waals surface area contributed by atoms with E-state index in [2.05, 4.69) is 20.3 Å². The SMILES string of the molecule is COc1cc2nc(N=CNc3nc4cc(OC)c(OC)cc4s3)sc2cc1OC. The molecule has 0 radical (unpaired) electrons. The molecule has 0 amide bonds. The molecule has 0 bridgehead atoms. The average molecular weight is 431 g/mol. The summed E-state index contributed by atoms with van der Waals surface area (Å²) in [4.78, 5) is 13.5. The van der Waals surface area contributed by atoms with Crippen LogP contribution in [0.15, 0.2) is 29.3 Å². The van der Waals surface area contributed by atoms with Gasteiger partial charge in [0.25, 0.3) is 0 Å². The molecule has 8 nitrogen and oxygen atoms in total. The lowest BCUT2D eigenvalue weighted by Gasteiger charge is -2.05. The van der Waals surface area contributed by atoms with E-state index < -0.39 is 0 Å². The van der Waals surface area contributed by atoms with E-state index in [1.807, 2.05) is 24.3 Å². The maximum Gasteiger partial charge on any atom is 0.211 e. The number of rotatable bonds is 7. The van der Waals surface area contributed by atoms with Crippen molar-refractivity contribution in [3.8, 4) is 23.0 Å². The second kappa shape index (κ2) is 8.10. The third kappa shape index (κ3) is 3.76. The lowest BCUT2D eigenvalue weighted by atomic mass is 10.3. The molecule has 0 aliphatic heterocycles. The molecule has 150 valence electrons. The highest BCUT2D eigenvalue weighted by atomic mass is 32.1. The van der Waals surface area contributed by atoms with Gasteiger partial charge in [0.1, 0.15) is 0 Å². The predicted octanol–water partition coefficient (Wildman–Crippen LogP) is 4.71. The molecule has 10 heteroatoms. The molecule has 0 unspecified atom stereocenters. The number of hydrogen-bond acceptors (Lipinski definition) is 9. The topological polar surface area (TPSA) is 87.1 Å². The van der Waals surface area contributed by atoms with Crippen molar-refractivity contribution in [2.24, 2.45) is 4.99 Å². The van der Waals surface area contributed by atoms with Gasteiger partial charge < -0.3 is 24.3 Å². The summed E-state index contributed by atoms with van der Waals surface area (Å²) in [5.74, 6) is 2.62. The van der Waals surface area contributed by atoms with Gasteiger partial charge >= 0.3 is 0 Å². The summed E-state index contributed by atoms with van der Waals surface area (Å²) < 4.78 is 23.3. The zero-order valence-corrected chi connectivity index (χ0v) is 17.8. The van der Waals surface area contributed by atoms with Gasteiger partial charge in [0.15, 0.2) is 28.1 Å². The fourth-order valence-corrected chi connectivity index (χ4v) is 4.42. The van der Waals surface area contributed by atoms with Gasteiger partial charge in [-0.15, -0.1) is 0 Å². The first-order valence-electron chi connectivity index (χ1n) is 8.49. The Bertz CT molecular complexity index is 1120. The maximum atomic E-state index is 5.34. The normalized spacial score (nSPS) is 11.3. The van der Waals surface area contributed by atoms with Gasteiger partial charge in [0.05, 0.1) is 55.2 Å². The van der Waals surface area contributed by atoms with Crippen LogP contribution in [-0.4, -0.2) is 44.7 Å². The Labute approximate surface area is 174 Å². The number of benzene rings is 2. The summed E-state index contributed by atoms with van der Waals surface area (Å²) in [6.45, 7) is 0. The summed E-state index contributed by atoms with van der Waals surface area (Å²) in [5, 5.41) is 4.43. The van der Waals surface area contributed by atoms with E-state index >= 15 is 0 Å². The number of nitrogens with one attached hydrogen (secondary N) is 1. The predicted molar refractivity (Wildman–Crippen MR) is 117 cm³/mol. The minimum atomic E-state index is 0.618. The van der Waals surface area contributed by atoms with Crippen molar-refractivity contribution >= 4 is 59.7 Å². The molecule has 29 heavy (non-hydrogen) atoms. The first-order chi connectivity index (χ1) is 14.1. The monoisotopic (exact) mass is 430 g/mol. The third-order valence-electron chi connectivity index (χ3n) is 4.14. The number of ether oxygens (including phenoxy) is 4. The van der Waals surface area contributed by atoms with Gasteiger partial charge in [0.2, 0.25) is 5.13 Å².